The molecular weight excluding hydrogens is 414 g/mol. The summed E-state index contributed by atoms with van der Waals surface area (Å²) in [6.45, 7) is 0.721. The van der Waals surface area contributed by atoms with Crippen LogP contribution in [0.1, 0.15) is 33.6 Å². The highest BCUT2D eigenvalue weighted by molar-refractivity contribution is 7.10. The van der Waals surface area contributed by atoms with E-state index in [-0.39, 0.29) is 17.5 Å². The van der Waals surface area contributed by atoms with E-state index in [1.54, 1.807) is 40.4 Å². The van der Waals surface area contributed by atoms with Crippen molar-refractivity contribution in [1.29, 1.82) is 0 Å². The maximum atomic E-state index is 13.3. The number of para-hydroxylation sites is 1. The third kappa shape index (κ3) is 3.28. The number of thiophene rings is 2. The first-order chi connectivity index (χ1) is 14.6. The van der Waals surface area contributed by atoms with Crippen LogP contribution < -0.4 is 5.56 Å². The number of hydrogen-bond acceptors (Lipinski definition) is 5. The van der Waals surface area contributed by atoms with Gasteiger partial charge in [0.1, 0.15) is 5.82 Å². The smallest absolute Gasteiger partial charge is 0.261 e. The number of carbonyl (C=O) groups excluding carboxylic acids is 1. The first-order valence-electron chi connectivity index (χ1n) is 9.97. The maximum Gasteiger partial charge on any atom is 0.261 e. The monoisotopic (exact) mass is 435 g/mol. The fourth-order valence-electron chi connectivity index (χ4n) is 4.19. The summed E-state index contributed by atoms with van der Waals surface area (Å²) in [5.41, 5.74) is 1.86. The van der Waals surface area contributed by atoms with Crippen molar-refractivity contribution < 1.29 is 4.79 Å². The fraction of sp³-hybridized carbons (Fsp3) is 0.261. The van der Waals surface area contributed by atoms with Crippen LogP contribution in [0.25, 0.3) is 10.9 Å². The van der Waals surface area contributed by atoms with Gasteiger partial charge in [-0.25, -0.2) is 4.98 Å². The Bertz CT molecular complexity index is 1270. The molecule has 5 rings (SSSR count). The van der Waals surface area contributed by atoms with Gasteiger partial charge in [-0.15, -0.1) is 22.7 Å². The zero-order valence-corrected chi connectivity index (χ0v) is 18.2. The van der Waals surface area contributed by atoms with Crippen LogP contribution in [0.2, 0.25) is 0 Å². The Morgan fingerprint density at radius 3 is 2.83 bits per heavy atom. The average molecular weight is 436 g/mol. The van der Waals surface area contributed by atoms with Gasteiger partial charge in [-0.2, -0.15) is 0 Å². The molecule has 5 nitrogen and oxygen atoms in total. The van der Waals surface area contributed by atoms with Crippen molar-refractivity contribution in [2.45, 2.75) is 25.3 Å². The summed E-state index contributed by atoms with van der Waals surface area (Å²) < 4.78 is 1.57. The summed E-state index contributed by atoms with van der Waals surface area (Å²) in [4.78, 5) is 35.1. The molecule has 0 fully saturated rings. The van der Waals surface area contributed by atoms with Crippen LogP contribution in [-0.4, -0.2) is 26.9 Å². The van der Waals surface area contributed by atoms with Gasteiger partial charge in [0.05, 0.1) is 16.9 Å². The van der Waals surface area contributed by atoms with E-state index in [1.807, 2.05) is 29.2 Å². The van der Waals surface area contributed by atoms with Gasteiger partial charge in [0.25, 0.3) is 5.56 Å². The van der Waals surface area contributed by atoms with Gasteiger partial charge in [-0.05, 0) is 47.0 Å². The Morgan fingerprint density at radius 1 is 1.13 bits per heavy atom. The number of rotatable bonds is 4. The number of fused-ring (bicyclic) bond motifs is 2. The van der Waals surface area contributed by atoms with Crippen LogP contribution in [0, 0.1) is 0 Å². The summed E-state index contributed by atoms with van der Waals surface area (Å²) in [6, 6.07) is 13.6. The van der Waals surface area contributed by atoms with Gasteiger partial charge in [0.15, 0.2) is 0 Å². The largest absolute Gasteiger partial charge is 0.330 e. The van der Waals surface area contributed by atoms with Crippen molar-refractivity contribution in [3.63, 3.8) is 0 Å². The molecule has 1 amide bonds. The van der Waals surface area contributed by atoms with E-state index in [9.17, 15) is 9.59 Å². The molecular formula is C23H21N3O2S2. The SMILES string of the molecule is Cn1c(CCC(=O)N2CCc3sccc3[C@@H]2c2cccs2)nc2ccccc2c1=O. The van der Waals surface area contributed by atoms with E-state index >= 15 is 0 Å². The lowest BCUT2D eigenvalue weighted by Gasteiger charge is -2.35. The molecule has 0 aliphatic carbocycles. The van der Waals surface area contributed by atoms with Gasteiger partial charge < -0.3 is 4.90 Å². The lowest BCUT2D eigenvalue weighted by atomic mass is 9.98. The molecule has 0 spiro atoms. The molecule has 1 aliphatic rings. The van der Waals surface area contributed by atoms with Crippen LogP contribution in [0.3, 0.4) is 0 Å². The zero-order valence-electron chi connectivity index (χ0n) is 16.6. The molecule has 0 radical (unpaired) electrons. The third-order valence-electron chi connectivity index (χ3n) is 5.74. The van der Waals surface area contributed by atoms with Crippen LogP contribution >= 0.6 is 22.7 Å². The lowest BCUT2D eigenvalue weighted by molar-refractivity contribution is -0.133. The lowest BCUT2D eigenvalue weighted by Crippen LogP contribution is -2.40. The van der Waals surface area contributed by atoms with E-state index in [2.05, 4.69) is 27.9 Å². The van der Waals surface area contributed by atoms with Gasteiger partial charge in [-0.3, -0.25) is 14.2 Å². The predicted octanol–water partition coefficient (Wildman–Crippen LogP) is 4.16. The van der Waals surface area contributed by atoms with E-state index in [1.165, 1.54) is 15.3 Å². The van der Waals surface area contributed by atoms with E-state index in [0.29, 0.717) is 29.6 Å². The molecule has 0 N–H and O–H groups in total. The molecule has 1 aromatic carbocycles. The van der Waals surface area contributed by atoms with Gasteiger partial charge in [0.2, 0.25) is 5.91 Å². The van der Waals surface area contributed by atoms with Gasteiger partial charge >= 0.3 is 0 Å². The van der Waals surface area contributed by atoms with Gasteiger partial charge in [-0.1, -0.05) is 18.2 Å². The molecule has 3 aromatic heterocycles. The van der Waals surface area contributed by atoms with E-state index < -0.39 is 0 Å². The first kappa shape index (κ1) is 19.2. The normalized spacial score (nSPS) is 16.0. The Labute approximate surface area is 182 Å². The minimum Gasteiger partial charge on any atom is -0.330 e. The Hall–Kier alpha value is -2.77. The second-order valence-corrected chi connectivity index (χ2v) is 9.44. The Kier molecular flexibility index (Phi) is 5.00. The highest BCUT2D eigenvalue weighted by Gasteiger charge is 2.33. The molecule has 4 heterocycles. The third-order valence-corrected chi connectivity index (χ3v) is 7.66. The molecule has 0 saturated carbocycles. The average Bonchev–Trinajstić information content (AvgIpc) is 3.46. The number of nitrogens with zero attached hydrogens (tertiary/aromatic N) is 3. The molecule has 1 atom stereocenters. The predicted molar refractivity (Wildman–Crippen MR) is 121 cm³/mol. The minimum absolute atomic E-state index is 0.0131. The Balaban J connectivity index is 1.41. The number of benzene rings is 1. The molecule has 7 heteroatoms. The van der Waals surface area contributed by atoms with Crippen molar-refractivity contribution >= 4 is 39.5 Å². The van der Waals surface area contributed by atoms with Crippen molar-refractivity contribution in [2.24, 2.45) is 7.05 Å². The number of aryl methyl sites for hydroxylation is 1. The highest BCUT2D eigenvalue weighted by Crippen LogP contribution is 2.39. The summed E-state index contributed by atoms with van der Waals surface area (Å²) in [7, 11) is 1.73. The minimum atomic E-state index is -0.0691. The molecule has 0 saturated heterocycles. The first-order valence-corrected chi connectivity index (χ1v) is 11.7. The van der Waals surface area contributed by atoms with Crippen LogP contribution in [0.4, 0.5) is 0 Å². The van der Waals surface area contributed by atoms with Crippen molar-refractivity contribution in [3.05, 3.63) is 84.7 Å². The molecule has 4 aromatic rings. The van der Waals surface area contributed by atoms with Crippen molar-refractivity contribution in [2.75, 3.05) is 6.54 Å². The van der Waals surface area contributed by atoms with E-state index in [0.717, 1.165) is 13.0 Å². The van der Waals surface area contributed by atoms with Crippen molar-refractivity contribution in [1.82, 2.24) is 14.5 Å². The highest BCUT2D eigenvalue weighted by atomic mass is 32.1. The van der Waals surface area contributed by atoms with Crippen molar-refractivity contribution in [3.8, 4) is 0 Å². The topological polar surface area (TPSA) is 55.2 Å². The summed E-state index contributed by atoms with van der Waals surface area (Å²) in [6.07, 6.45) is 1.67. The Morgan fingerprint density at radius 2 is 2.00 bits per heavy atom. The molecule has 152 valence electrons. The summed E-state index contributed by atoms with van der Waals surface area (Å²) in [5, 5.41) is 4.79. The van der Waals surface area contributed by atoms with Crippen LogP contribution in [0.15, 0.2) is 58.0 Å². The molecule has 30 heavy (non-hydrogen) atoms. The second-order valence-electron chi connectivity index (χ2n) is 7.46. The quantitative estimate of drug-likeness (QED) is 0.484. The molecule has 1 aliphatic heterocycles. The van der Waals surface area contributed by atoms with E-state index in [4.69, 9.17) is 0 Å². The number of hydrogen-bond donors (Lipinski definition) is 0. The summed E-state index contributed by atoms with van der Waals surface area (Å²) >= 11 is 3.46. The molecule has 0 bridgehead atoms. The second kappa shape index (κ2) is 7.81. The summed E-state index contributed by atoms with van der Waals surface area (Å²) in [5.74, 6) is 0.751. The van der Waals surface area contributed by atoms with Crippen LogP contribution in [0.5, 0.6) is 0 Å². The molecule has 0 unspecified atom stereocenters. The maximum absolute atomic E-state index is 13.3. The number of amides is 1. The number of aromatic nitrogens is 2. The van der Waals surface area contributed by atoms with Crippen LogP contribution in [-0.2, 0) is 24.7 Å². The van der Waals surface area contributed by atoms with Gasteiger partial charge in [0, 0.05) is 36.2 Å². The zero-order chi connectivity index (χ0) is 20.7. The number of carbonyl (C=O) groups is 1. The standard InChI is InChI=1S/C23H21N3O2S2/c1-25-20(24-17-6-3-2-5-15(17)23(25)28)8-9-21(27)26-12-10-18-16(11-14-30-18)22(26)19-7-4-13-29-19/h2-7,11,13-14,22H,8-10,12H2,1H3/t22-/m1/s1. The fourth-order valence-corrected chi connectivity index (χ4v) is 5.95.